The fourth-order valence-corrected chi connectivity index (χ4v) is 2.46. The average molecular weight is 274 g/mol. The minimum atomic E-state index is 0.975. The molecule has 0 spiro atoms. The summed E-state index contributed by atoms with van der Waals surface area (Å²) in [6.07, 6.45) is 7.49. The molecule has 2 aromatic rings. The molecule has 110 valence electrons. The maximum atomic E-state index is 4.35. The minimum Gasteiger partial charge on any atom is -0.295 e. The van der Waals surface area contributed by atoms with Crippen LogP contribution in [0.2, 0.25) is 0 Å². The standard InChI is InChI=1S/C16H26N4/c1-3-5-9-13-19(14-10-6-4-2)20-16-12-8-7-11-15(16)17-18-20/h7-8,11-12H,3-6,9-10,13-14H2,1-2H3. The molecule has 0 radical (unpaired) electrons. The molecule has 2 rings (SSSR count). The fourth-order valence-electron chi connectivity index (χ4n) is 2.46. The Morgan fingerprint density at radius 2 is 1.60 bits per heavy atom. The fraction of sp³-hybridized carbons (Fsp3) is 0.625. The van der Waals surface area contributed by atoms with E-state index in [0.717, 1.165) is 24.1 Å². The number of para-hydroxylation sites is 1. The molecule has 20 heavy (non-hydrogen) atoms. The maximum Gasteiger partial charge on any atom is 0.115 e. The van der Waals surface area contributed by atoms with E-state index >= 15 is 0 Å². The Morgan fingerprint density at radius 1 is 0.950 bits per heavy atom. The second-order valence-corrected chi connectivity index (χ2v) is 5.34. The molecule has 1 aromatic carbocycles. The summed E-state index contributed by atoms with van der Waals surface area (Å²) in [5.74, 6) is 0. The smallest absolute Gasteiger partial charge is 0.115 e. The van der Waals surface area contributed by atoms with E-state index in [1.165, 1.54) is 38.5 Å². The number of nitrogens with zero attached hydrogens (tertiary/aromatic N) is 4. The number of aromatic nitrogens is 3. The Hall–Kier alpha value is -1.58. The van der Waals surface area contributed by atoms with Crippen LogP contribution in [0.4, 0.5) is 0 Å². The van der Waals surface area contributed by atoms with Crippen molar-refractivity contribution >= 4 is 11.0 Å². The summed E-state index contributed by atoms with van der Waals surface area (Å²) in [7, 11) is 0. The molecular weight excluding hydrogens is 248 g/mol. The highest BCUT2D eigenvalue weighted by Gasteiger charge is 2.10. The van der Waals surface area contributed by atoms with Gasteiger partial charge < -0.3 is 0 Å². The van der Waals surface area contributed by atoms with Crippen LogP contribution in [-0.2, 0) is 0 Å². The second kappa shape index (κ2) is 7.88. The van der Waals surface area contributed by atoms with Crippen molar-refractivity contribution in [3.63, 3.8) is 0 Å². The van der Waals surface area contributed by atoms with Gasteiger partial charge in [0.15, 0.2) is 0 Å². The van der Waals surface area contributed by atoms with Gasteiger partial charge in [0.1, 0.15) is 11.0 Å². The molecule has 0 aliphatic heterocycles. The van der Waals surface area contributed by atoms with Crippen molar-refractivity contribution in [3.05, 3.63) is 24.3 Å². The van der Waals surface area contributed by atoms with Gasteiger partial charge in [-0.25, -0.2) is 0 Å². The van der Waals surface area contributed by atoms with Crippen molar-refractivity contribution in [2.75, 3.05) is 18.1 Å². The van der Waals surface area contributed by atoms with Crippen molar-refractivity contribution < 1.29 is 0 Å². The van der Waals surface area contributed by atoms with Gasteiger partial charge in [-0.05, 0) is 30.2 Å². The number of hydrogen-bond acceptors (Lipinski definition) is 3. The van der Waals surface area contributed by atoms with Crippen LogP contribution >= 0.6 is 0 Å². The van der Waals surface area contributed by atoms with E-state index in [2.05, 4.69) is 41.3 Å². The van der Waals surface area contributed by atoms with Crippen LogP contribution in [0, 0.1) is 0 Å². The zero-order valence-corrected chi connectivity index (χ0v) is 12.8. The van der Waals surface area contributed by atoms with Gasteiger partial charge in [0.2, 0.25) is 0 Å². The normalized spacial score (nSPS) is 11.1. The molecule has 0 amide bonds. The highest BCUT2D eigenvalue weighted by molar-refractivity contribution is 5.74. The van der Waals surface area contributed by atoms with Gasteiger partial charge in [0.05, 0.1) is 0 Å². The van der Waals surface area contributed by atoms with Gasteiger partial charge in [0.25, 0.3) is 0 Å². The van der Waals surface area contributed by atoms with Crippen LogP contribution in [-0.4, -0.2) is 28.2 Å². The maximum absolute atomic E-state index is 4.35. The van der Waals surface area contributed by atoms with Gasteiger partial charge in [-0.2, -0.15) is 4.79 Å². The number of hydrogen-bond donors (Lipinski definition) is 0. The average Bonchev–Trinajstić information content (AvgIpc) is 2.90. The Kier molecular flexibility index (Phi) is 5.84. The van der Waals surface area contributed by atoms with E-state index in [0.29, 0.717) is 0 Å². The number of rotatable bonds is 9. The highest BCUT2D eigenvalue weighted by Crippen LogP contribution is 2.11. The van der Waals surface area contributed by atoms with Crippen molar-refractivity contribution in [1.82, 2.24) is 15.1 Å². The lowest BCUT2D eigenvalue weighted by Crippen LogP contribution is -2.37. The number of fused-ring (bicyclic) bond motifs is 1. The molecule has 0 saturated heterocycles. The van der Waals surface area contributed by atoms with E-state index in [4.69, 9.17) is 0 Å². The molecule has 0 fully saturated rings. The Morgan fingerprint density at radius 3 is 2.25 bits per heavy atom. The lowest BCUT2D eigenvalue weighted by molar-refractivity contribution is 0.491. The Labute approximate surface area is 121 Å². The molecule has 0 saturated carbocycles. The van der Waals surface area contributed by atoms with Gasteiger partial charge in [-0.15, -0.1) is 5.10 Å². The van der Waals surface area contributed by atoms with Crippen LogP contribution in [0.1, 0.15) is 52.4 Å². The molecule has 1 aromatic heterocycles. The third-order valence-corrected chi connectivity index (χ3v) is 3.64. The molecule has 0 atom stereocenters. The summed E-state index contributed by atoms with van der Waals surface area (Å²) < 4.78 is 0. The first-order chi connectivity index (χ1) is 9.86. The van der Waals surface area contributed by atoms with E-state index in [9.17, 15) is 0 Å². The molecular formula is C16H26N4. The summed E-state index contributed by atoms with van der Waals surface area (Å²) in [6, 6.07) is 8.19. The summed E-state index contributed by atoms with van der Waals surface area (Å²) in [5, 5.41) is 11.0. The van der Waals surface area contributed by atoms with Crippen LogP contribution < -0.4 is 5.01 Å². The van der Waals surface area contributed by atoms with E-state index in [1.54, 1.807) is 0 Å². The lowest BCUT2D eigenvalue weighted by Gasteiger charge is -2.24. The van der Waals surface area contributed by atoms with Crippen molar-refractivity contribution in [2.24, 2.45) is 0 Å². The molecule has 0 unspecified atom stereocenters. The minimum absolute atomic E-state index is 0.975. The van der Waals surface area contributed by atoms with Gasteiger partial charge in [-0.3, -0.25) is 5.01 Å². The van der Waals surface area contributed by atoms with Gasteiger partial charge >= 0.3 is 0 Å². The molecule has 0 bridgehead atoms. The summed E-state index contributed by atoms with van der Waals surface area (Å²) in [6.45, 7) is 6.61. The quantitative estimate of drug-likeness (QED) is 0.653. The van der Waals surface area contributed by atoms with E-state index < -0.39 is 0 Å². The lowest BCUT2D eigenvalue weighted by atomic mass is 10.2. The molecule has 4 heteroatoms. The Balaban J connectivity index is 2.11. The van der Waals surface area contributed by atoms with Gasteiger partial charge in [0, 0.05) is 13.1 Å². The monoisotopic (exact) mass is 274 g/mol. The molecule has 0 aliphatic carbocycles. The molecule has 4 nitrogen and oxygen atoms in total. The first kappa shape index (κ1) is 14.8. The third-order valence-electron chi connectivity index (χ3n) is 3.64. The molecule has 0 N–H and O–H groups in total. The topological polar surface area (TPSA) is 34.0 Å². The molecule has 1 heterocycles. The first-order valence-electron chi connectivity index (χ1n) is 7.92. The zero-order valence-electron chi connectivity index (χ0n) is 12.8. The van der Waals surface area contributed by atoms with Gasteiger partial charge in [-0.1, -0.05) is 51.7 Å². The third kappa shape index (κ3) is 3.71. The van der Waals surface area contributed by atoms with Crippen LogP contribution in [0.3, 0.4) is 0 Å². The predicted octanol–water partition coefficient (Wildman–Crippen LogP) is 3.75. The van der Waals surface area contributed by atoms with Crippen molar-refractivity contribution in [1.29, 1.82) is 0 Å². The molecule has 0 aliphatic rings. The van der Waals surface area contributed by atoms with Crippen molar-refractivity contribution in [2.45, 2.75) is 52.4 Å². The first-order valence-corrected chi connectivity index (χ1v) is 7.92. The van der Waals surface area contributed by atoms with E-state index in [1.807, 2.05) is 16.9 Å². The van der Waals surface area contributed by atoms with E-state index in [-0.39, 0.29) is 0 Å². The predicted molar refractivity (Wildman–Crippen MR) is 84.5 cm³/mol. The summed E-state index contributed by atoms with van der Waals surface area (Å²) >= 11 is 0. The number of unbranched alkanes of at least 4 members (excludes halogenated alkanes) is 4. The summed E-state index contributed by atoms with van der Waals surface area (Å²) in [4.78, 5) is 2.00. The summed E-state index contributed by atoms with van der Waals surface area (Å²) in [5.41, 5.74) is 2.09. The highest BCUT2D eigenvalue weighted by atomic mass is 15.7. The number of benzene rings is 1. The SMILES string of the molecule is CCCCCN(CCCCC)n1nnc2ccccc21. The Bertz CT molecular complexity index is 496. The second-order valence-electron chi connectivity index (χ2n) is 5.34. The van der Waals surface area contributed by atoms with Crippen LogP contribution in [0.5, 0.6) is 0 Å². The van der Waals surface area contributed by atoms with Crippen LogP contribution in [0.25, 0.3) is 11.0 Å². The van der Waals surface area contributed by atoms with Crippen molar-refractivity contribution in [3.8, 4) is 0 Å². The largest absolute Gasteiger partial charge is 0.295 e. The zero-order chi connectivity index (χ0) is 14.2. The van der Waals surface area contributed by atoms with Crippen LogP contribution in [0.15, 0.2) is 24.3 Å².